The maximum absolute atomic E-state index is 10.5. The summed E-state index contributed by atoms with van der Waals surface area (Å²) in [5, 5.41) is 0. The minimum Gasteiger partial charge on any atom is -0.456 e. The molecular weight excluding hydrogens is 232 g/mol. The minimum atomic E-state index is -0.407. The first kappa shape index (κ1) is 10.2. The fourth-order valence-electron chi connectivity index (χ4n) is 2.73. The van der Waals surface area contributed by atoms with Crippen molar-refractivity contribution in [3.8, 4) is 11.5 Å². The fourth-order valence-corrected chi connectivity index (χ4v) is 2.73. The summed E-state index contributed by atoms with van der Waals surface area (Å²) in [6.07, 6.45) is 4.83. The van der Waals surface area contributed by atoms with Crippen LogP contribution in [0.4, 0.5) is 0 Å². The zero-order valence-corrected chi connectivity index (χ0v) is 9.98. The molecule has 2 fully saturated rings. The standard InChI is InChI=1S/C14H14O4/c15-9-16-13(6-7-13)10-2-3-11-12(8-10)18-14(17-11)4-1-5-14/h2-3,8-9H,1,4-7H2. The zero-order chi connectivity index (χ0) is 12.2. The molecule has 0 saturated heterocycles. The first-order valence-corrected chi connectivity index (χ1v) is 6.39. The van der Waals surface area contributed by atoms with Crippen molar-refractivity contribution in [1.82, 2.24) is 0 Å². The van der Waals surface area contributed by atoms with Crippen molar-refractivity contribution in [2.24, 2.45) is 0 Å². The number of carbonyl (C=O) groups is 1. The van der Waals surface area contributed by atoms with E-state index in [0.717, 1.165) is 49.2 Å². The molecule has 0 unspecified atom stereocenters. The van der Waals surface area contributed by atoms with Gasteiger partial charge in [-0.05, 0) is 37.0 Å². The smallest absolute Gasteiger partial charge is 0.293 e. The molecule has 1 aliphatic heterocycles. The summed E-state index contributed by atoms with van der Waals surface area (Å²) in [6, 6.07) is 5.85. The van der Waals surface area contributed by atoms with Crippen molar-refractivity contribution in [1.29, 1.82) is 0 Å². The third-order valence-electron chi connectivity index (χ3n) is 4.15. The number of hydrogen-bond acceptors (Lipinski definition) is 4. The van der Waals surface area contributed by atoms with Gasteiger partial charge < -0.3 is 14.2 Å². The Kier molecular flexibility index (Phi) is 1.81. The van der Waals surface area contributed by atoms with E-state index in [1.807, 2.05) is 18.2 Å². The van der Waals surface area contributed by atoms with Gasteiger partial charge in [-0.2, -0.15) is 0 Å². The van der Waals surface area contributed by atoms with Gasteiger partial charge in [-0.3, -0.25) is 4.79 Å². The predicted molar refractivity (Wildman–Crippen MR) is 62.3 cm³/mol. The molecule has 94 valence electrons. The van der Waals surface area contributed by atoms with E-state index in [-0.39, 0.29) is 0 Å². The van der Waals surface area contributed by atoms with E-state index in [1.165, 1.54) is 0 Å². The van der Waals surface area contributed by atoms with E-state index in [1.54, 1.807) is 0 Å². The average Bonchev–Trinajstić information content (AvgIpc) is 3.00. The molecule has 0 bridgehead atoms. The molecule has 4 nitrogen and oxygen atoms in total. The van der Waals surface area contributed by atoms with E-state index in [2.05, 4.69) is 0 Å². The minimum absolute atomic E-state index is 0.400. The van der Waals surface area contributed by atoms with E-state index in [4.69, 9.17) is 14.2 Å². The predicted octanol–water partition coefficient (Wildman–Crippen LogP) is 2.50. The van der Waals surface area contributed by atoms with Crippen LogP contribution in [-0.2, 0) is 15.1 Å². The van der Waals surface area contributed by atoms with Crippen LogP contribution >= 0.6 is 0 Å². The first-order chi connectivity index (χ1) is 8.75. The fraction of sp³-hybridized carbons (Fsp3) is 0.500. The van der Waals surface area contributed by atoms with Crippen LogP contribution in [0.2, 0.25) is 0 Å². The number of benzene rings is 1. The molecule has 1 spiro atoms. The molecule has 1 heterocycles. The molecule has 1 aromatic rings. The van der Waals surface area contributed by atoms with Crippen molar-refractivity contribution in [3.05, 3.63) is 23.8 Å². The summed E-state index contributed by atoms with van der Waals surface area (Å²) < 4.78 is 17.0. The number of ether oxygens (including phenoxy) is 3. The second kappa shape index (κ2) is 3.19. The summed E-state index contributed by atoms with van der Waals surface area (Å²) in [6.45, 7) is 0.533. The monoisotopic (exact) mass is 246 g/mol. The Balaban J connectivity index is 1.66. The lowest BCUT2D eigenvalue weighted by Gasteiger charge is -2.35. The summed E-state index contributed by atoms with van der Waals surface area (Å²) in [7, 11) is 0. The maximum atomic E-state index is 10.5. The van der Waals surface area contributed by atoms with Crippen LogP contribution in [0.1, 0.15) is 37.7 Å². The number of fused-ring (bicyclic) bond motifs is 1. The van der Waals surface area contributed by atoms with Crippen molar-refractivity contribution < 1.29 is 19.0 Å². The van der Waals surface area contributed by atoms with E-state index in [0.29, 0.717) is 6.47 Å². The molecule has 3 aliphatic rings. The average molecular weight is 246 g/mol. The van der Waals surface area contributed by atoms with Crippen LogP contribution in [0.15, 0.2) is 18.2 Å². The molecule has 4 heteroatoms. The summed E-state index contributed by atoms with van der Waals surface area (Å²) in [4.78, 5) is 10.5. The second-order valence-corrected chi connectivity index (χ2v) is 5.34. The third kappa shape index (κ3) is 1.29. The molecular formula is C14H14O4. The lowest BCUT2D eigenvalue weighted by atomic mass is 9.91. The normalized spacial score (nSPS) is 24.4. The van der Waals surface area contributed by atoms with Gasteiger partial charge in [0.05, 0.1) is 0 Å². The molecule has 2 saturated carbocycles. The van der Waals surface area contributed by atoms with Gasteiger partial charge >= 0.3 is 0 Å². The number of carbonyl (C=O) groups excluding carboxylic acids is 1. The van der Waals surface area contributed by atoms with Gasteiger partial charge in [-0.25, -0.2) is 0 Å². The SMILES string of the molecule is O=COC1(c2ccc3c(c2)OC2(CCC2)O3)CC1. The van der Waals surface area contributed by atoms with Gasteiger partial charge in [0.15, 0.2) is 11.5 Å². The van der Waals surface area contributed by atoms with Crippen LogP contribution in [0.3, 0.4) is 0 Å². The highest BCUT2D eigenvalue weighted by molar-refractivity contribution is 5.50. The van der Waals surface area contributed by atoms with Gasteiger partial charge in [0.2, 0.25) is 0 Å². The van der Waals surface area contributed by atoms with Gasteiger partial charge in [-0.15, -0.1) is 0 Å². The Bertz CT molecular complexity index is 515. The third-order valence-corrected chi connectivity index (χ3v) is 4.15. The van der Waals surface area contributed by atoms with Crippen molar-refractivity contribution in [3.63, 3.8) is 0 Å². The molecule has 0 N–H and O–H groups in total. The molecule has 2 aliphatic carbocycles. The van der Waals surface area contributed by atoms with Crippen LogP contribution < -0.4 is 9.47 Å². The highest BCUT2D eigenvalue weighted by Crippen LogP contribution is 2.53. The molecule has 0 radical (unpaired) electrons. The summed E-state index contributed by atoms with van der Waals surface area (Å²) in [5.41, 5.74) is 0.600. The topological polar surface area (TPSA) is 44.8 Å². The number of rotatable bonds is 3. The highest BCUT2D eigenvalue weighted by Gasteiger charge is 2.50. The van der Waals surface area contributed by atoms with E-state index >= 15 is 0 Å². The largest absolute Gasteiger partial charge is 0.456 e. The van der Waals surface area contributed by atoms with Gasteiger partial charge in [-0.1, -0.05) is 6.07 Å². The van der Waals surface area contributed by atoms with Crippen molar-refractivity contribution >= 4 is 6.47 Å². The summed E-state index contributed by atoms with van der Waals surface area (Å²) >= 11 is 0. The van der Waals surface area contributed by atoms with Gasteiger partial charge in [0.1, 0.15) is 5.60 Å². The quantitative estimate of drug-likeness (QED) is 0.769. The molecule has 18 heavy (non-hydrogen) atoms. The van der Waals surface area contributed by atoms with Crippen LogP contribution in [0, 0.1) is 0 Å². The maximum Gasteiger partial charge on any atom is 0.293 e. The van der Waals surface area contributed by atoms with Crippen LogP contribution in [0.5, 0.6) is 11.5 Å². The van der Waals surface area contributed by atoms with Crippen LogP contribution in [-0.4, -0.2) is 12.3 Å². The number of hydrogen-bond donors (Lipinski definition) is 0. The Hall–Kier alpha value is -1.71. The molecule has 4 rings (SSSR count). The summed E-state index contributed by atoms with van der Waals surface area (Å²) in [5.74, 6) is 1.19. The van der Waals surface area contributed by atoms with Crippen molar-refractivity contribution in [2.75, 3.05) is 0 Å². The second-order valence-electron chi connectivity index (χ2n) is 5.34. The van der Waals surface area contributed by atoms with E-state index in [9.17, 15) is 4.79 Å². The van der Waals surface area contributed by atoms with Crippen LogP contribution in [0.25, 0.3) is 0 Å². The molecule has 1 aromatic carbocycles. The van der Waals surface area contributed by atoms with Crippen molar-refractivity contribution in [2.45, 2.75) is 43.5 Å². The highest BCUT2D eigenvalue weighted by atomic mass is 16.7. The Labute approximate surface area is 105 Å². The Morgan fingerprint density at radius 2 is 1.89 bits per heavy atom. The Morgan fingerprint density at radius 3 is 2.50 bits per heavy atom. The van der Waals surface area contributed by atoms with Gasteiger partial charge in [0, 0.05) is 12.8 Å². The van der Waals surface area contributed by atoms with Gasteiger partial charge in [0.25, 0.3) is 12.3 Å². The molecule has 0 atom stereocenters. The van der Waals surface area contributed by atoms with E-state index < -0.39 is 11.4 Å². The lowest BCUT2D eigenvalue weighted by Crippen LogP contribution is -2.45. The lowest BCUT2D eigenvalue weighted by molar-refractivity contribution is -0.139. The molecule has 0 amide bonds. The first-order valence-electron chi connectivity index (χ1n) is 6.39. The zero-order valence-electron chi connectivity index (χ0n) is 9.98. The Morgan fingerprint density at radius 1 is 1.11 bits per heavy atom. The molecule has 0 aromatic heterocycles.